The predicted octanol–water partition coefficient (Wildman–Crippen LogP) is 4.32. The van der Waals surface area contributed by atoms with E-state index in [4.69, 9.17) is 0 Å². The lowest BCUT2D eigenvalue weighted by molar-refractivity contribution is -0.115. The number of carbonyl (C=O) groups excluding carboxylic acids is 1. The van der Waals surface area contributed by atoms with Gasteiger partial charge in [-0.2, -0.15) is 0 Å². The van der Waals surface area contributed by atoms with Crippen LogP contribution in [0.5, 0.6) is 0 Å². The number of benzene rings is 2. The number of halogens is 2. The summed E-state index contributed by atoms with van der Waals surface area (Å²) < 4.78 is 28.2. The highest BCUT2D eigenvalue weighted by molar-refractivity contribution is 6.12. The first kappa shape index (κ1) is 20.5. The molecule has 158 valence electrons. The standard InChI is InChI=1S/C23H26F2N4O/c1-3-28(4-2)17-9-10-29(14-17)22-8-6-16(12-20(22)25)26-13-19-18-7-5-15(24)11-21(18)27-23(19)30/h5-8,11-13,17,19H,3-4,9-10,14H2,1-2H3,(H,27,30). The van der Waals surface area contributed by atoms with Gasteiger partial charge in [0.2, 0.25) is 5.91 Å². The summed E-state index contributed by atoms with van der Waals surface area (Å²) in [5, 5.41) is 2.65. The van der Waals surface area contributed by atoms with E-state index in [-0.39, 0.29) is 11.7 Å². The molecule has 30 heavy (non-hydrogen) atoms. The molecule has 2 unspecified atom stereocenters. The number of fused-ring (bicyclic) bond motifs is 1. The molecule has 0 radical (unpaired) electrons. The molecule has 1 fully saturated rings. The minimum Gasteiger partial charge on any atom is -0.368 e. The molecule has 1 N–H and O–H groups in total. The SMILES string of the molecule is CCN(CC)C1CCN(c2ccc(N=CC3C(=O)Nc4cc(F)ccc43)cc2F)C1. The lowest BCUT2D eigenvalue weighted by Crippen LogP contribution is -2.37. The number of hydrogen-bond donors (Lipinski definition) is 1. The van der Waals surface area contributed by atoms with Gasteiger partial charge in [-0.3, -0.25) is 14.7 Å². The van der Waals surface area contributed by atoms with E-state index in [2.05, 4.69) is 34.0 Å². The van der Waals surface area contributed by atoms with Gasteiger partial charge in [-0.1, -0.05) is 19.9 Å². The van der Waals surface area contributed by atoms with Crippen LogP contribution < -0.4 is 10.2 Å². The highest BCUT2D eigenvalue weighted by Gasteiger charge is 2.30. The molecule has 1 saturated heterocycles. The molecule has 2 aliphatic rings. The van der Waals surface area contributed by atoms with Gasteiger partial charge in [0.05, 0.1) is 11.4 Å². The highest BCUT2D eigenvalue weighted by atomic mass is 19.1. The second-order valence-electron chi connectivity index (χ2n) is 7.72. The zero-order valence-electron chi connectivity index (χ0n) is 17.2. The molecule has 2 atom stereocenters. The van der Waals surface area contributed by atoms with Crippen molar-refractivity contribution in [1.29, 1.82) is 0 Å². The normalized spacial score (nSPS) is 21.0. The van der Waals surface area contributed by atoms with Crippen molar-refractivity contribution in [2.75, 3.05) is 36.4 Å². The molecule has 2 aliphatic heterocycles. The molecule has 5 nitrogen and oxygen atoms in total. The van der Waals surface area contributed by atoms with Crippen LogP contribution in [0.1, 0.15) is 31.7 Å². The van der Waals surface area contributed by atoms with Gasteiger partial charge in [0.15, 0.2) is 0 Å². The molecule has 4 rings (SSSR count). The number of amides is 1. The molecule has 0 saturated carbocycles. The lowest BCUT2D eigenvalue weighted by Gasteiger charge is -2.26. The largest absolute Gasteiger partial charge is 0.368 e. The Morgan fingerprint density at radius 1 is 1.20 bits per heavy atom. The van der Waals surface area contributed by atoms with E-state index in [1.54, 1.807) is 18.2 Å². The molecule has 2 heterocycles. The Morgan fingerprint density at radius 2 is 2.00 bits per heavy atom. The quantitative estimate of drug-likeness (QED) is 0.719. The van der Waals surface area contributed by atoms with Gasteiger partial charge in [-0.05, 0) is 49.3 Å². The highest BCUT2D eigenvalue weighted by Crippen LogP contribution is 2.33. The van der Waals surface area contributed by atoms with E-state index in [1.807, 2.05) is 0 Å². The minimum absolute atomic E-state index is 0.268. The van der Waals surface area contributed by atoms with Crippen molar-refractivity contribution in [3.05, 3.63) is 53.6 Å². The van der Waals surface area contributed by atoms with E-state index in [9.17, 15) is 13.6 Å². The smallest absolute Gasteiger partial charge is 0.237 e. The van der Waals surface area contributed by atoms with Crippen molar-refractivity contribution in [3.8, 4) is 0 Å². The summed E-state index contributed by atoms with van der Waals surface area (Å²) in [6, 6.07) is 9.54. The fraction of sp³-hybridized carbons (Fsp3) is 0.391. The molecule has 1 amide bonds. The predicted molar refractivity (Wildman–Crippen MR) is 116 cm³/mol. The molecule has 7 heteroatoms. The van der Waals surface area contributed by atoms with Crippen LogP contribution in [-0.4, -0.2) is 49.2 Å². The van der Waals surface area contributed by atoms with Crippen molar-refractivity contribution >= 4 is 29.2 Å². The Labute approximate surface area is 175 Å². The lowest BCUT2D eigenvalue weighted by atomic mass is 10.0. The van der Waals surface area contributed by atoms with Crippen LogP contribution in [0.3, 0.4) is 0 Å². The molecule has 2 aromatic carbocycles. The number of carbonyl (C=O) groups is 1. The summed E-state index contributed by atoms with van der Waals surface area (Å²) in [4.78, 5) is 21.0. The third-order valence-electron chi connectivity index (χ3n) is 6.03. The maximum Gasteiger partial charge on any atom is 0.237 e. The number of hydrogen-bond acceptors (Lipinski definition) is 4. The summed E-state index contributed by atoms with van der Waals surface area (Å²) in [7, 11) is 0. The maximum atomic E-state index is 14.8. The van der Waals surface area contributed by atoms with Crippen molar-refractivity contribution in [2.45, 2.75) is 32.2 Å². The van der Waals surface area contributed by atoms with Gasteiger partial charge in [0.25, 0.3) is 0 Å². The van der Waals surface area contributed by atoms with Crippen molar-refractivity contribution in [2.24, 2.45) is 4.99 Å². The Kier molecular flexibility index (Phi) is 5.81. The maximum absolute atomic E-state index is 14.8. The number of nitrogens with zero attached hydrogens (tertiary/aromatic N) is 3. The van der Waals surface area contributed by atoms with E-state index >= 15 is 0 Å². The fourth-order valence-corrected chi connectivity index (χ4v) is 4.40. The summed E-state index contributed by atoms with van der Waals surface area (Å²) in [6.07, 6.45) is 2.51. The molecular formula is C23H26F2N4O. The van der Waals surface area contributed by atoms with Crippen LogP contribution in [0.2, 0.25) is 0 Å². The average molecular weight is 412 g/mol. The first-order chi connectivity index (χ1) is 14.5. The second kappa shape index (κ2) is 8.52. The topological polar surface area (TPSA) is 47.9 Å². The fourth-order valence-electron chi connectivity index (χ4n) is 4.40. The molecule has 0 spiro atoms. The summed E-state index contributed by atoms with van der Waals surface area (Å²) >= 11 is 0. The third kappa shape index (κ3) is 3.94. The van der Waals surface area contributed by atoms with Crippen LogP contribution in [0.25, 0.3) is 0 Å². The zero-order valence-corrected chi connectivity index (χ0v) is 17.2. The molecule has 0 aliphatic carbocycles. The number of likely N-dealkylation sites (N-methyl/N-ethyl adjacent to an activating group) is 1. The van der Waals surface area contributed by atoms with E-state index < -0.39 is 11.7 Å². The molecule has 0 aromatic heterocycles. The Hall–Kier alpha value is -2.80. The number of rotatable bonds is 6. The Balaban J connectivity index is 1.48. The van der Waals surface area contributed by atoms with Crippen LogP contribution in [0.4, 0.5) is 25.8 Å². The van der Waals surface area contributed by atoms with Crippen LogP contribution in [0.15, 0.2) is 41.4 Å². The second-order valence-corrected chi connectivity index (χ2v) is 7.72. The number of nitrogens with one attached hydrogen (secondary N) is 1. The monoisotopic (exact) mass is 412 g/mol. The Bertz CT molecular complexity index is 974. The van der Waals surface area contributed by atoms with Crippen molar-refractivity contribution in [1.82, 2.24) is 4.90 Å². The summed E-state index contributed by atoms with van der Waals surface area (Å²) in [5.74, 6) is -1.61. The zero-order chi connectivity index (χ0) is 21.3. The van der Waals surface area contributed by atoms with Gasteiger partial charge in [-0.25, -0.2) is 8.78 Å². The van der Waals surface area contributed by atoms with Crippen LogP contribution in [0, 0.1) is 11.6 Å². The summed E-state index contributed by atoms with van der Waals surface area (Å²) in [6.45, 7) is 7.94. The van der Waals surface area contributed by atoms with Crippen LogP contribution >= 0.6 is 0 Å². The van der Waals surface area contributed by atoms with Gasteiger partial charge in [0.1, 0.15) is 17.6 Å². The van der Waals surface area contributed by atoms with Crippen molar-refractivity contribution < 1.29 is 13.6 Å². The third-order valence-corrected chi connectivity index (χ3v) is 6.03. The van der Waals surface area contributed by atoms with Gasteiger partial charge in [0, 0.05) is 37.1 Å². The molecule has 0 bridgehead atoms. The van der Waals surface area contributed by atoms with Crippen LogP contribution in [-0.2, 0) is 4.79 Å². The van der Waals surface area contributed by atoms with Gasteiger partial charge in [-0.15, -0.1) is 0 Å². The Morgan fingerprint density at radius 3 is 2.73 bits per heavy atom. The number of anilines is 2. The first-order valence-corrected chi connectivity index (χ1v) is 10.4. The van der Waals surface area contributed by atoms with Gasteiger partial charge < -0.3 is 10.2 Å². The molecule has 2 aromatic rings. The summed E-state index contributed by atoms with van der Waals surface area (Å²) in [5.41, 5.74) is 2.15. The van der Waals surface area contributed by atoms with Crippen molar-refractivity contribution in [3.63, 3.8) is 0 Å². The first-order valence-electron chi connectivity index (χ1n) is 10.4. The molecular weight excluding hydrogens is 386 g/mol. The van der Waals surface area contributed by atoms with E-state index in [0.717, 1.165) is 32.6 Å². The number of aliphatic imine (C=N–C) groups is 1. The van der Waals surface area contributed by atoms with E-state index in [1.165, 1.54) is 24.4 Å². The van der Waals surface area contributed by atoms with Gasteiger partial charge >= 0.3 is 0 Å². The van der Waals surface area contributed by atoms with E-state index in [0.29, 0.717) is 28.7 Å². The average Bonchev–Trinajstić information content (AvgIpc) is 3.31. The minimum atomic E-state index is -0.614.